The number of carbonyl (C=O) groups is 3. The molecule has 0 fully saturated rings. The average molecular weight is 303 g/mol. The summed E-state index contributed by atoms with van der Waals surface area (Å²) in [6.07, 6.45) is 0.995. The zero-order chi connectivity index (χ0) is 16.7. The molecule has 4 N–H and O–H groups in total. The van der Waals surface area contributed by atoms with Crippen LogP contribution in [0.3, 0.4) is 0 Å². The van der Waals surface area contributed by atoms with E-state index >= 15 is 0 Å². The van der Waals surface area contributed by atoms with Crippen LogP contribution in [0.4, 0.5) is 5.69 Å². The molecule has 0 bridgehead atoms. The summed E-state index contributed by atoms with van der Waals surface area (Å²) in [5.74, 6) is -3.07. The first kappa shape index (κ1) is 16.7. The number of amides is 1. The van der Waals surface area contributed by atoms with Crippen LogP contribution in [0.15, 0.2) is 36.0 Å². The van der Waals surface area contributed by atoms with E-state index in [0.717, 1.165) is 6.20 Å². The van der Waals surface area contributed by atoms with Gasteiger partial charge in [-0.25, -0.2) is 4.79 Å². The summed E-state index contributed by atoms with van der Waals surface area (Å²) in [6.45, 7) is 1.35. The van der Waals surface area contributed by atoms with Crippen molar-refractivity contribution in [1.29, 1.82) is 5.26 Å². The van der Waals surface area contributed by atoms with Gasteiger partial charge in [-0.3, -0.25) is 9.59 Å². The predicted octanol–water partition coefficient (Wildman–Crippen LogP) is 0.793. The van der Waals surface area contributed by atoms with Crippen molar-refractivity contribution in [3.8, 4) is 6.07 Å². The Kier molecular flexibility index (Phi) is 5.66. The molecule has 1 aromatic rings. The summed E-state index contributed by atoms with van der Waals surface area (Å²) in [6, 6.07) is 6.17. The molecule has 0 aliphatic rings. The molecule has 114 valence electrons. The highest BCUT2D eigenvalue weighted by molar-refractivity contribution is 6.06. The predicted molar refractivity (Wildman–Crippen MR) is 76.0 cm³/mol. The molecule has 0 saturated heterocycles. The highest BCUT2D eigenvalue weighted by Gasteiger charge is 2.13. The number of aliphatic carboxylic acids is 1. The van der Waals surface area contributed by atoms with E-state index in [1.165, 1.54) is 31.2 Å². The van der Waals surface area contributed by atoms with E-state index in [4.69, 9.17) is 15.5 Å². The number of carboxylic acids is 2. The third-order valence-corrected chi connectivity index (χ3v) is 2.58. The molecule has 0 spiro atoms. The van der Waals surface area contributed by atoms with Gasteiger partial charge >= 0.3 is 11.9 Å². The van der Waals surface area contributed by atoms with Crippen molar-refractivity contribution in [3.05, 3.63) is 41.6 Å². The molecule has 1 unspecified atom stereocenters. The van der Waals surface area contributed by atoms with Crippen LogP contribution in [0, 0.1) is 11.3 Å². The van der Waals surface area contributed by atoms with E-state index in [-0.39, 0.29) is 16.8 Å². The first-order valence-corrected chi connectivity index (χ1v) is 6.09. The Hall–Kier alpha value is -3.34. The van der Waals surface area contributed by atoms with Gasteiger partial charge in [0.1, 0.15) is 17.7 Å². The SMILES string of the molecule is CC(N/C=C(/C#N)C(=O)Nc1cccc(C(=O)O)c1)C(=O)O. The largest absolute Gasteiger partial charge is 0.480 e. The quantitative estimate of drug-likeness (QED) is 0.450. The van der Waals surface area contributed by atoms with Gasteiger partial charge in [0.25, 0.3) is 5.91 Å². The summed E-state index contributed by atoms with van der Waals surface area (Å²) in [5.41, 5.74) is -0.149. The van der Waals surface area contributed by atoms with Gasteiger partial charge in [0.05, 0.1) is 5.56 Å². The highest BCUT2D eigenvalue weighted by atomic mass is 16.4. The van der Waals surface area contributed by atoms with Crippen LogP contribution in [-0.4, -0.2) is 34.1 Å². The number of carbonyl (C=O) groups excluding carboxylic acids is 1. The Morgan fingerprint density at radius 1 is 1.32 bits per heavy atom. The van der Waals surface area contributed by atoms with Gasteiger partial charge in [-0.2, -0.15) is 5.26 Å². The fraction of sp³-hybridized carbons (Fsp3) is 0.143. The second-order valence-electron chi connectivity index (χ2n) is 4.24. The van der Waals surface area contributed by atoms with Crippen molar-refractivity contribution < 1.29 is 24.6 Å². The summed E-state index contributed by atoms with van der Waals surface area (Å²) < 4.78 is 0. The molecule has 22 heavy (non-hydrogen) atoms. The Morgan fingerprint density at radius 2 is 2.00 bits per heavy atom. The molecule has 8 heteroatoms. The van der Waals surface area contributed by atoms with Crippen LogP contribution in [0.2, 0.25) is 0 Å². The van der Waals surface area contributed by atoms with E-state index in [2.05, 4.69) is 10.6 Å². The topological polar surface area (TPSA) is 140 Å². The molecular weight excluding hydrogens is 290 g/mol. The van der Waals surface area contributed by atoms with Crippen molar-refractivity contribution in [2.45, 2.75) is 13.0 Å². The lowest BCUT2D eigenvalue weighted by molar-refractivity contribution is -0.138. The molecule has 0 saturated carbocycles. The second kappa shape index (κ2) is 7.44. The normalized spacial score (nSPS) is 11.9. The Morgan fingerprint density at radius 3 is 2.55 bits per heavy atom. The lowest BCUT2D eigenvalue weighted by Gasteiger charge is -2.08. The molecule has 1 rings (SSSR count). The molecular formula is C14H13N3O5. The molecule has 8 nitrogen and oxygen atoms in total. The zero-order valence-electron chi connectivity index (χ0n) is 11.5. The molecule has 1 aromatic carbocycles. The molecule has 0 radical (unpaired) electrons. The first-order valence-electron chi connectivity index (χ1n) is 6.09. The number of nitrogens with one attached hydrogen (secondary N) is 2. The molecule has 0 aromatic heterocycles. The smallest absolute Gasteiger partial charge is 0.335 e. The van der Waals surface area contributed by atoms with Crippen molar-refractivity contribution >= 4 is 23.5 Å². The van der Waals surface area contributed by atoms with E-state index in [1.54, 1.807) is 6.07 Å². The summed E-state index contributed by atoms with van der Waals surface area (Å²) in [7, 11) is 0. The van der Waals surface area contributed by atoms with Crippen molar-refractivity contribution in [2.24, 2.45) is 0 Å². The Balaban J connectivity index is 2.84. The zero-order valence-corrected chi connectivity index (χ0v) is 11.5. The Bertz CT molecular complexity index is 675. The van der Waals surface area contributed by atoms with Crippen LogP contribution in [0.25, 0.3) is 0 Å². The summed E-state index contributed by atoms with van der Waals surface area (Å²) in [4.78, 5) is 33.3. The number of aromatic carboxylic acids is 1. The first-order chi connectivity index (χ1) is 10.3. The van der Waals surface area contributed by atoms with E-state index in [0.29, 0.717) is 0 Å². The lowest BCUT2D eigenvalue weighted by atomic mass is 10.2. The van der Waals surface area contributed by atoms with Gasteiger partial charge in [-0.05, 0) is 25.1 Å². The van der Waals surface area contributed by atoms with Crippen molar-refractivity contribution in [3.63, 3.8) is 0 Å². The Labute approximate surface area is 125 Å². The van der Waals surface area contributed by atoms with Crippen LogP contribution in [0.1, 0.15) is 17.3 Å². The minimum Gasteiger partial charge on any atom is -0.480 e. The standard InChI is InChI=1S/C14H13N3O5/c1-8(13(19)20)16-7-10(6-15)12(18)17-11-4-2-3-9(5-11)14(21)22/h2-5,7-8,16H,1H3,(H,17,18)(H,19,20)(H,21,22)/b10-7-. The fourth-order valence-electron chi connectivity index (χ4n) is 1.36. The van der Waals surface area contributed by atoms with Crippen molar-refractivity contribution in [1.82, 2.24) is 5.32 Å². The van der Waals surface area contributed by atoms with E-state index in [9.17, 15) is 14.4 Å². The average Bonchev–Trinajstić information content (AvgIpc) is 2.47. The maximum atomic E-state index is 11.9. The summed E-state index contributed by atoms with van der Waals surface area (Å²) in [5, 5.41) is 31.2. The van der Waals surface area contributed by atoms with Crippen LogP contribution < -0.4 is 10.6 Å². The van der Waals surface area contributed by atoms with Gasteiger partial charge < -0.3 is 20.8 Å². The number of hydrogen-bond donors (Lipinski definition) is 4. The minimum atomic E-state index is -1.15. The van der Waals surface area contributed by atoms with Crippen LogP contribution >= 0.6 is 0 Å². The third kappa shape index (κ3) is 4.64. The maximum absolute atomic E-state index is 11.9. The highest BCUT2D eigenvalue weighted by Crippen LogP contribution is 2.11. The monoisotopic (exact) mass is 303 g/mol. The number of rotatable bonds is 6. The molecule has 0 aliphatic heterocycles. The lowest BCUT2D eigenvalue weighted by Crippen LogP contribution is -2.30. The van der Waals surface area contributed by atoms with Gasteiger partial charge in [-0.15, -0.1) is 0 Å². The molecule has 1 atom stereocenters. The number of nitriles is 1. The molecule has 1 amide bonds. The maximum Gasteiger partial charge on any atom is 0.335 e. The molecule has 0 heterocycles. The molecule has 0 aliphatic carbocycles. The number of benzene rings is 1. The van der Waals surface area contributed by atoms with Gasteiger partial charge in [0.2, 0.25) is 0 Å². The van der Waals surface area contributed by atoms with Crippen molar-refractivity contribution in [2.75, 3.05) is 5.32 Å². The number of nitrogens with zero attached hydrogens (tertiary/aromatic N) is 1. The second-order valence-corrected chi connectivity index (χ2v) is 4.24. The number of anilines is 1. The van der Waals surface area contributed by atoms with Crippen LogP contribution in [0.5, 0.6) is 0 Å². The van der Waals surface area contributed by atoms with Gasteiger partial charge in [0, 0.05) is 11.9 Å². The van der Waals surface area contributed by atoms with Gasteiger partial charge in [-0.1, -0.05) is 6.07 Å². The minimum absolute atomic E-state index is 0.0158. The number of hydrogen-bond acceptors (Lipinski definition) is 5. The fourth-order valence-corrected chi connectivity index (χ4v) is 1.36. The number of carboxylic acid groups (broad SMARTS) is 2. The summed E-state index contributed by atoms with van der Waals surface area (Å²) >= 11 is 0. The van der Waals surface area contributed by atoms with Crippen LogP contribution in [-0.2, 0) is 9.59 Å². The van der Waals surface area contributed by atoms with E-state index < -0.39 is 23.9 Å². The third-order valence-electron chi connectivity index (χ3n) is 2.58. The van der Waals surface area contributed by atoms with Gasteiger partial charge in [0.15, 0.2) is 0 Å². The van der Waals surface area contributed by atoms with E-state index in [1.807, 2.05) is 0 Å².